The first kappa shape index (κ1) is 23.9. The van der Waals surface area contributed by atoms with Crippen LogP contribution in [-0.2, 0) is 6.54 Å². The van der Waals surface area contributed by atoms with Crippen molar-refractivity contribution in [1.29, 1.82) is 0 Å². The highest BCUT2D eigenvalue weighted by atomic mass is 16.1. The van der Waals surface area contributed by atoms with Crippen molar-refractivity contribution in [2.75, 3.05) is 18.4 Å². The lowest BCUT2D eigenvalue weighted by molar-refractivity contribution is 0.102. The Bertz CT molecular complexity index is 1360. The van der Waals surface area contributed by atoms with Crippen molar-refractivity contribution >= 4 is 22.9 Å². The van der Waals surface area contributed by atoms with Crippen LogP contribution in [0.15, 0.2) is 72.8 Å². The lowest BCUT2D eigenvalue weighted by Crippen LogP contribution is -2.29. The zero-order valence-corrected chi connectivity index (χ0v) is 21.5. The van der Waals surface area contributed by atoms with Crippen LogP contribution in [0.2, 0.25) is 0 Å². The molecule has 0 unspecified atom stereocenters. The Labute approximate surface area is 219 Å². The predicted octanol–water partition coefficient (Wildman–Crippen LogP) is 7.45. The molecular weight excluding hydrogens is 456 g/mol. The second-order valence-electron chi connectivity index (χ2n) is 10.7. The van der Waals surface area contributed by atoms with Gasteiger partial charge in [0.15, 0.2) is 0 Å². The van der Waals surface area contributed by atoms with Gasteiger partial charge in [0.1, 0.15) is 0 Å². The molecular formula is C32H36N4O. The van der Waals surface area contributed by atoms with Gasteiger partial charge in [0.05, 0.1) is 11.0 Å². The van der Waals surface area contributed by atoms with E-state index in [1.54, 1.807) is 0 Å². The maximum Gasteiger partial charge on any atom is 0.257 e. The number of likely N-dealkylation sites (tertiary alicyclic amines) is 1. The highest BCUT2D eigenvalue weighted by molar-refractivity contribution is 6.04. The number of nitrogens with zero attached hydrogens (tertiary/aromatic N) is 3. The molecule has 1 aromatic heterocycles. The SMILES string of the molecule is O=C(Nc1nc2cc(CN3CCCCC3)ccc2n1C1CCCCC1)c1cccc(-c2ccccc2)c1. The summed E-state index contributed by atoms with van der Waals surface area (Å²) < 4.78 is 2.30. The number of hydrogen-bond acceptors (Lipinski definition) is 3. The number of rotatable bonds is 6. The zero-order chi connectivity index (χ0) is 25.0. The summed E-state index contributed by atoms with van der Waals surface area (Å²) in [6.45, 7) is 3.33. The molecule has 1 aliphatic carbocycles. The Kier molecular flexibility index (Phi) is 7.05. The summed E-state index contributed by atoms with van der Waals surface area (Å²) in [6.07, 6.45) is 9.94. The minimum absolute atomic E-state index is 0.112. The van der Waals surface area contributed by atoms with Gasteiger partial charge >= 0.3 is 0 Å². The van der Waals surface area contributed by atoms with Gasteiger partial charge in [-0.25, -0.2) is 4.98 Å². The molecule has 1 saturated carbocycles. The van der Waals surface area contributed by atoms with Crippen LogP contribution in [-0.4, -0.2) is 33.4 Å². The van der Waals surface area contributed by atoms with Crippen LogP contribution in [0.25, 0.3) is 22.2 Å². The van der Waals surface area contributed by atoms with Crippen LogP contribution < -0.4 is 5.32 Å². The monoisotopic (exact) mass is 492 g/mol. The second kappa shape index (κ2) is 10.9. The molecule has 1 N–H and O–H groups in total. The van der Waals surface area contributed by atoms with Gasteiger partial charge in [-0.05, 0) is 79.7 Å². The van der Waals surface area contributed by atoms with Gasteiger partial charge in [-0.2, -0.15) is 0 Å². The summed E-state index contributed by atoms with van der Waals surface area (Å²) in [5.74, 6) is 0.561. The van der Waals surface area contributed by atoms with E-state index in [-0.39, 0.29) is 5.91 Å². The average Bonchev–Trinajstić information content (AvgIpc) is 3.31. The molecule has 2 aliphatic rings. The maximum absolute atomic E-state index is 13.5. The highest BCUT2D eigenvalue weighted by Gasteiger charge is 2.23. The molecule has 190 valence electrons. The predicted molar refractivity (Wildman–Crippen MR) is 151 cm³/mol. The van der Waals surface area contributed by atoms with Crippen molar-refractivity contribution < 1.29 is 4.79 Å². The van der Waals surface area contributed by atoms with Crippen molar-refractivity contribution in [3.05, 3.63) is 83.9 Å². The minimum Gasteiger partial charge on any atom is -0.307 e. The molecule has 5 heteroatoms. The quantitative estimate of drug-likeness (QED) is 0.304. The van der Waals surface area contributed by atoms with Gasteiger partial charge in [0.25, 0.3) is 5.91 Å². The van der Waals surface area contributed by atoms with Gasteiger partial charge in [-0.3, -0.25) is 15.0 Å². The Balaban J connectivity index is 1.31. The lowest BCUT2D eigenvalue weighted by Gasteiger charge is -2.26. The van der Waals surface area contributed by atoms with E-state index in [1.165, 1.54) is 57.2 Å². The number of benzene rings is 3. The topological polar surface area (TPSA) is 50.2 Å². The van der Waals surface area contributed by atoms with E-state index in [1.807, 2.05) is 42.5 Å². The normalized spacial score (nSPS) is 17.2. The third kappa shape index (κ3) is 5.33. The van der Waals surface area contributed by atoms with Gasteiger partial charge in [-0.15, -0.1) is 0 Å². The summed E-state index contributed by atoms with van der Waals surface area (Å²) in [5.41, 5.74) is 6.20. The fourth-order valence-corrected chi connectivity index (χ4v) is 6.06. The highest BCUT2D eigenvalue weighted by Crippen LogP contribution is 2.35. The number of imidazole rings is 1. The molecule has 5 nitrogen and oxygen atoms in total. The molecule has 6 rings (SSSR count). The van der Waals surface area contributed by atoms with E-state index >= 15 is 0 Å². The van der Waals surface area contributed by atoms with Crippen LogP contribution in [0, 0.1) is 0 Å². The zero-order valence-electron chi connectivity index (χ0n) is 21.5. The summed E-state index contributed by atoms with van der Waals surface area (Å²) in [5, 5.41) is 3.20. The molecule has 37 heavy (non-hydrogen) atoms. The van der Waals surface area contributed by atoms with Crippen LogP contribution in [0.3, 0.4) is 0 Å². The van der Waals surface area contributed by atoms with E-state index in [2.05, 4.69) is 45.1 Å². The summed E-state index contributed by atoms with van der Waals surface area (Å²) in [7, 11) is 0. The van der Waals surface area contributed by atoms with E-state index in [0.717, 1.165) is 41.5 Å². The Hall–Kier alpha value is -3.44. The van der Waals surface area contributed by atoms with E-state index in [9.17, 15) is 4.79 Å². The molecule has 1 aliphatic heterocycles. The van der Waals surface area contributed by atoms with Crippen LogP contribution in [0.4, 0.5) is 5.95 Å². The van der Waals surface area contributed by atoms with Crippen molar-refractivity contribution in [2.45, 2.75) is 64.0 Å². The first-order valence-corrected chi connectivity index (χ1v) is 13.9. The molecule has 2 fully saturated rings. The van der Waals surface area contributed by atoms with Crippen molar-refractivity contribution in [3.8, 4) is 11.1 Å². The summed E-state index contributed by atoms with van der Waals surface area (Å²) in [6, 6.07) is 25.1. The third-order valence-corrected chi connectivity index (χ3v) is 8.01. The first-order valence-electron chi connectivity index (χ1n) is 13.9. The first-order chi connectivity index (χ1) is 18.2. The largest absolute Gasteiger partial charge is 0.307 e. The van der Waals surface area contributed by atoms with Gasteiger partial charge in [0.2, 0.25) is 5.95 Å². The molecule has 1 amide bonds. The Morgan fingerprint density at radius 3 is 2.38 bits per heavy atom. The van der Waals surface area contributed by atoms with Crippen LogP contribution in [0.5, 0.6) is 0 Å². The number of carbonyl (C=O) groups excluding carboxylic acids is 1. The number of piperidine rings is 1. The summed E-state index contributed by atoms with van der Waals surface area (Å²) >= 11 is 0. The lowest BCUT2D eigenvalue weighted by atomic mass is 9.95. The summed E-state index contributed by atoms with van der Waals surface area (Å²) in [4.78, 5) is 21.0. The van der Waals surface area contributed by atoms with Crippen LogP contribution >= 0.6 is 0 Å². The maximum atomic E-state index is 13.5. The minimum atomic E-state index is -0.112. The number of fused-ring (bicyclic) bond motifs is 1. The standard InChI is InChI=1S/C32H36N4O/c37-31(27-14-10-13-26(22-27)25-11-4-1-5-12-25)34-32-33-29-21-24(23-35-19-8-3-9-20-35)17-18-30(29)36(32)28-15-6-2-7-16-28/h1,4-5,10-14,17-18,21-22,28H,2-3,6-9,15-16,19-20,23H2,(H,33,34,37). The van der Waals surface area contributed by atoms with E-state index < -0.39 is 0 Å². The van der Waals surface area contributed by atoms with Crippen LogP contribution in [0.1, 0.15) is 73.3 Å². The second-order valence-corrected chi connectivity index (χ2v) is 10.7. The molecule has 4 aromatic rings. The van der Waals surface area contributed by atoms with Gasteiger partial charge in [-0.1, -0.05) is 74.2 Å². The van der Waals surface area contributed by atoms with E-state index in [4.69, 9.17) is 4.98 Å². The Morgan fingerprint density at radius 1 is 0.811 bits per heavy atom. The third-order valence-electron chi connectivity index (χ3n) is 8.01. The number of carbonyl (C=O) groups is 1. The average molecular weight is 493 g/mol. The van der Waals surface area contributed by atoms with Crippen molar-refractivity contribution in [2.24, 2.45) is 0 Å². The molecule has 0 radical (unpaired) electrons. The van der Waals surface area contributed by atoms with E-state index in [0.29, 0.717) is 17.6 Å². The van der Waals surface area contributed by atoms with Crippen molar-refractivity contribution in [3.63, 3.8) is 0 Å². The van der Waals surface area contributed by atoms with Crippen molar-refractivity contribution in [1.82, 2.24) is 14.5 Å². The molecule has 1 saturated heterocycles. The molecule has 3 aromatic carbocycles. The smallest absolute Gasteiger partial charge is 0.257 e. The molecule has 0 atom stereocenters. The number of amides is 1. The molecule has 2 heterocycles. The Morgan fingerprint density at radius 2 is 1.57 bits per heavy atom. The number of anilines is 1. The van der Waals surface area contributed by atoms with Gasteiger partial charge in [0, 0.05) is 18.2 Å². The number of aromatic nitrogens is 2. The van der Waals surface area contributed by atoms with Gasteiger partial charge < -0.3 is 4.57 Å². The number of nitrogens with one attached hydrogen (secondary N) is 1. The fourth-order valence-electron chi connectivity index (χ4n) is 6.06. The molecule has 0 spiro atoms. The molecule has 0 bridgehead atoms. The fraction of sp³-hybridized carbons (Fsp3) is 0.375. The number of hydrogen-bond donors (Lipinski definition) is 1.